The number of aromatic nitrogens is 2. The fourth-order valence-electron chi connectivity index (χ4n) is 3.89. The molecule has 1 heterocycles. The van der Waals surface area contributed by atoms with Gasteiger partial charge in [-0.15, -0.1) is 0 Å². The highest BCUT2D eigenvalue weighted by Crippen LogP contribution is 2.36. The van der Waals surface area contributed by atoms with Gasteiger partial charge in [0.15, 0.2) is 0 Å². The average Bonchev–Trinajstić information content (AvgIpc) is 3.64. The van der Waals surface area contributed by atoms with Crippen LogP contribution in [0, 0.1) is 12.7 Å². The van der Waals surface area contributed by atoms with E-state index in [-0.39, 0.29) is 11.9 Å². The van der Waals surface area contributed by atoms with E-state index < -0.39 is 5.82 Å². The largest absolute Gasteiger partial charge is 0.439 e. The van der Waals surface area contributed by atoms with Gasteiger partial charge in [0.1, 0.15) is 11.6 Å². The number of rotatable bonds is 7. The molecular formula is C27H23ClFN3O2. The number of aryl methyl sites for hydroxylation is 1. The van der Waals surface area contributed by atoms with Crippen molar-refractivity contribution in [3.05, 3.63) is 107 Å². The number of halogens is 2. The average molecular weight is 476 g/mol. The second kappa shape index (κ2) is 9.31. The maximum atomic E-state index is 13.8. The molecule has 5 nitrogen and oxygen atoms in total. The van der Waals surface area contributed by atoms with Crippen molar-refractivity contribution in [3.63, 3.8) is 0 Å². The van der Waals surface area contributed by atoms with Crippen LogP contribution in [0.2, 0.25) is 5.02 Å². The third-order valence-electron chi connectivity index (χ3n) is 5.81. The quantitative estimate of drug-likeness (QED) is 0.303. The molecule has 0 N–H and O–H groups in total. The van der Waals surface area contributed by atoms with Crippen LogP contribution in [0.25, 0.3) is 5.69 Å². The summed E-state index contributed by atoms with van der Waals surface area (Å²) < 4.78 is 21.9. The minimum atomic E-state index is -0.429. The van der Waals surface area contributed by atoms with Gasteiger partial charge in [-0.2, -0.15) is 5.10 Å². The second-order valence-corrected chi connectivity index (χ2v) is 8.78. The summed E-state index contributed by atoms with van der Waals surface area (Å²) in [6, 6.07) is 22.7. The maximum absolute atomic E-state index is 13.8. The zero-order valence-corrected chi connectivity index (χ0v) is 19.4. The second-order valence-electron chi connectivity index (χ2n) is 8.35. The molecule has 0 aliphatic heterocycles. The number of carbonyl (C=O) groups excluding carboxylic acids is 1. The summed E-state index contributed by atoms with van der Waals surface area (Å²) in [6.07, 6.45) is 1.83. The van der Waals surface area contributed by atoms with Crippen molar-refractivity contribution in [1.82, 2.24) is 14.7 Å². The molecule has 34 heavy (non-hydrogen) atoms. The molecule has 3 aromatic carbocycles. The van der Waals surface area contributed by atoms with Gasteiger partial charge in [0.2, 0.25) is 5.88 Å². The fourth-order valence-corrected chi connectivity index (χ4v) is 4.02. The topological polar surface area (TPSA) is 47.4 Å². The Kier molecular flexibility index (Phi) is 6.07. The predicted octanol–water partition coefficient (Wildman–Crippen LogP) is 6.57. The van der Waals surface area contributed by atoms with Crippen LogP contribution < -0.4 is 4.74 Å². The number of nitrogens with zero attached hydrogens (tertiary/aromatic N) is 3. The number of amides is 1. The van der Waals surface area contributed by atoms with Gasteiger partial charge < -0.3 is 9.64 Å². The predicted molar refractivity (Wildman–Crippen MR) is 129 cm³/mol. The lowest BCUT2D eigenvalue weighted by atomic mass is 10.1. The first-order valence-electron chi connectivity index (χ1n) is 11.1. The van der Waals surface area contributed by atoms with E-state index in [9.17, 15) is 9.18 Å². The van der Waals surface area contributed by atoms with Crippen molar-refractivity contribution in [2.24, 2.45) is 0 Å². The number of benzene rings is 3. The van der Waals surface area contributed by atoms with Crippen molar-refractivity contribution in [2.75, 3.05) is 0 Å². The molecule has 0 unspecified atom stereocenters. The molecule has 5 rings (SSSR count). The normalized spacial score (nSPS) is 13.0. The van der Waals surface area contributed by atoms with Crippen LogP contribution in [-0.2, 0) is 6.54 Å². The minimum Gasteiger partial charge on any atom is -0.439 e. The smallest absolute Gasteiger partial charge is 0.254 e. The van der Waals surface area contributed by atoms with Crippen LogP contribution in [0.4, 0.5) is 4.39 Å². The van der Waals surface area contributed by atoms with E-state index in [0.29, 0.717) is 28.8 Å². The first-order chi connectivity index (χ1) is 16.5. The standard InChI is InChI=1S/C27H23ClFN3O2/c1-18-25(17-31(22-12-13-22)26(33)19-6-5-7-21(29)16-19)27(34-24-14-10-20(28)11-15-24)32(30-18)23-8-3-2-4-9-23/h2-11,14-16,22H,12-13,17H2,1H3. The van der Waals surface area contributed by atoms with Gasteiger partial charge in [-0.25, -0.2) is 9.07 Å². The summed E-state index contributed by atoms with van der Waals surface area (Å²) in [4.78, 5) is 15.1. The third-order valence-corrected chi connectivity index (χ3v) is 6.07. The molecule has 0 bridgehead atoms. The van der Waals surface area contributed by atoms with Crippen molar-refractivity contribution in [3.8, 4) is 17.3 Å². The van der Waals surface area contributed by atoms with Crippen molar-refractivity contribution >= 4 is 17.5 Å². The Morgan fingerprint density at radius 1 is 1.09 bits per heavy atom. The molecular weight excluding hydrogens is 453 g/mol. The van der Waals surface area contributed by atoms with E-state index in [1.807, 2.05) is 37.3 Å². The zero-order chi connectivity index (χ0) is 23.7. The van der Waals surface area contributed by atoms with E-state index in [1.165, 1.54) is 12.1 Å². The van der Waals surface area contributed by atoms with Crippen LogP contribution in [-0.4, -0.2) is 26.6 Å². The van der Waals surface area contributed by atoms with Crippen molar-refractivity contribution in [2.45, 2.75) is 32.4 Å². The lowest BCUT2D eigenvalue weighted by Crippen LogP contribution is -2.33. The monoisotopic (exact) mass is 475 g/mol. The molecule has 4 aromatic rings. The Labute approximate surface area is 202 Å². The summed E-state index contributed by atoms with van der Waals surface area (Å²) >= 11 is 6.05. The SMILES string of the molecule is Cc1nn(-c2ccccc2)c(Oc2ccc(Cl)cc2)c1CN(C(=O)c1cccc(F)c1)C1CC1. The number of hydrogen-bond donors (Lipinski definition) is 0. The molecule has 7 heteroatoms. The van der Waals surface area contributed by atoms with Crippen LogP contribution in [0.5, 0.6) is 11.6 Å². The molecule has 0 saturated heterocycles. The Bertz CT molecular complexity index is 1320. The Morgan fingerprint density at radius 3 is 2.50 bits per heavy atom. The highest BCUT2D eigenvalue weighted by molar-refractivity contribution is 6.30. The molecule has 1 aromatic heterocycles. The summed E-state index contributed by atoms with van der Waals surface area (Å²) in [5.74, 6) is 0.508. The molecule has 0 spiro atoms. The van der Waals surface area contributed by atoms with Crippen molar-refractivity contribution < 1.29 is 13.9 Å². The van der Waals surface area contributed by atoms with Crippen LogP contribution in [0.1, 0.15) is 34.5 Å². The van der Waals surface area contributed by atoms with Gasteiger partial charge in [-0.3, -0.25) is 4.79 Å². The molecule has 0 radical (unpaired) electrons. The van der Waals surface area contributed by atoms with Gasteiger partial charge >= 0.3 is 0 Å². The molecule has 1 saturated carbocycles. The Balaban J connectivity index is 1.55. The highest BCUT2D eigenvalue weighted by atomic mass is 35.5. The summed E-state index contributed by atoms with van der Waals surface area (Å²) in [5.41, 5.74) is 2.73. The molecule has 1 amide bonds. The lowest BCUT2D eigenvalue weighted by molar-refractivity contribution is 0.0728. The lowest BCUT2D eigenvalue weighted by Gasteiger charge is -2.23. The molecule has 1 aliphatic carbocycles. The van der Waals surface area contributed by atoms with Gasteiger partial charge in [0.25, 0.3) is 5.91 Å². The number of ether oxygens (including phenoxy) is 1. The van der Waals surface area contributed by atoms with E-state index in [4.69, 9.17) is 21.4 Å². The summed E-state index contributed by atoms with van der Waals surface area (Å²) in [7, 11) is 0. The summed E-state index contributed by atoms with van der Waals surface area (Å²) in [6.45, 7) is 2.21. The number of carbonyl (C=O) groups is 1. The molecule has 1 aliphatic rings. The van der Waals surface area contributed by atoms with Crippen LogP contribution in [0.3, 0.4) is 0 Å². The van der Waals surface area contributed by atoms with Gasteiger partial charge in [-0.1, -0.05) is 35.9 Å². The zero-order valence-electron chi connectivity index (χ0n) is 18.6. The first kappa shape index (κ1) is 22.2. The maximum Gasteiger partial charge on any atom is 0.254 e. The molecule has 172 valence electrons. The highest BCUT2D eigenvalue weighted by Gasteiger charge is 2.35. The third kappa shape index (κ3) is 4.68. The number of hydrogen-bond acceptors (Lipinski definition) is 3. The fraction of sp³-hybridized carbons (Fsp3) is 0.185. The van der Waals surface area contributed by atoms with E-state index in [0.717, 1.165) is 29.8 Å². The molecule has 0 atom stereocenters. The Hall–Kier alpha value is -3.64. The Morgan fingerprint density at radius 2 is 1.82 bits per heavy atom. The van der Waals surface area contributed by atoms with Gasteiger partial charge in [0, 0.05) is 16.6 Å². The summed E-state index contributed by atoms with van der Waals surface area (Å²) in [5, 5.41) is 5.35. The molecule has 1 fully saturated rings. The van der Waals surface area contributed by atoms with Crippen LogP contribution >= 0.6 is 11.6 Å². The first-order valence-corrected chi connectivity index (χ1v) is 11.5. The number of para-hydroxylation sites is 1. The van der Waals surface area contributed by atoms with Gasteiger partial charge in [-0.05, 0) is 74.4 Å². The minimum absolute atomic E-state index is 0.110. The van der Waals surface area contributed by atoms with Gasteiger partial charge in [0.05, 0.1) is 23.5 Å². The van der Waals surface area contributed by atoms with E-state index in [1.54, 1.807) is 46.0 Å². The van der Waals surface area contributed by atoms with Crippen molar-refractivity contribution in [1.29, 1.82) is 0 Å². The van der Waals surface area contributed by atoms with Crippen LogP contribution in [0.15, 0.2) is 78.9 Å². The van der Waals surface area contributed by atoms with E-state index in [2.05, 4.69) is 0 Å². The van der Waals surface area contributed by atoms with E-state index >= 15 is 0 Å².